The fraction of sp³-hybridized carbons (Fsp3) is 1.00. The van der Waals surface area contributed by atoms with Crippen molar-refractivity contribution in [3.05, 3.63) is 0 Å². The summed E-state index contributed by atoms with van der Waals surface area (Å²) in [5.41, 5.74) is 0. The Morgan fingerprint density at radius 3 is 2.62 bits per heavy atom. The first-order valence-corrected chi connectivity index (χ1v) is 1.67. The van der Waals surface area contributed by atoms with Crippen LogP contribution in [0, 0.1) is 0 Å². The van der Waals surface area contributed by atoms with E-state index in [0.717, 1.165) is 0 Å². The maximum Gasteiger partial charge on any atom is 0.510 e. The van der Waals surface area contributed by atoms with Crippen molar-refractivity contribution in [2.45, 2.75) is 0 Å². The van der Waals surface area contributed by atoms with Gasteiger partial charge in [0, 0.05) is 0 Å². The van der Waals surface area contributed by atoms with E-state index in [1.807, 2.05) is 0 Å². The summed E-state index contributed by atoms with van der Waals surface area (Å²) < 4.78 is 0. The molecule has 0 fully saturated rings. The summed E-state index contributed by atoms with van der Waals surface area (Å²) in [5, 5.41) is 13.9. The highest BCUT2D eigenvalue weighted by Crippen LogP contribution is 1.75. The van der Waals surface area contributed by atoms with E-state index in [1.54, 1.807) is 0 Å². The van der Waals surface area contributed by atoms with Crippen molar-refractivity contribution in [2.24, 2.45) is 0 Å². The standard InChI is InChI=1S/CH5BO6/c1-4-5-2-6-8-7-3/h2-3H,1H3. The second-order valence-corrected chi connectivity index (χ2v) is 0.663. The van der Waals surface area contributed by atoms with Crippen LogP contribution in [-0.2, 0) is 24.6 Å². The average Bonchev–Trinajstić information content (AvgIpc) is 1.81. The SMILES string of the molecule is COOBOOOO. The van der Waals surface area contributed by atoms with E-state index in [0.29, 0.717) is 0 Å². The van der Waals surface area contributed by atoms with Crippen LogP contribution in [0.1, 0.15) is 0 Å². The van der Waals surface area contributed by atoms with Crippen LogP contribution in [0.4, 0.5) is 0 Å². The zero-order valence-electron chi connectivity index (χ0n) is 4.20. The minimum absolute atomic E-state index is 0.281. The molecule has 0 bridgehead atoms. The van der Waals surface area contributed by atoms with Crippen molar-refractivity contribution in [1.82, 2.24) is 0 Å². The summed E-state index contributed by atoms with van der Waals surface area (Å²) in [6, 6.07) is 0. The molecule has 7 heteroatoms. The fourth-order valence-electron chi connectivity index (χ4n) is 0.109. The molecule has 6 nitrogen and oxygen atoms in total. The highest BCUT2D eigenvalue weighted by Gasteiger charge is 1.90. The second kappa shape index (κ2) is 6.82. The molecule has 0 aromatic carbocycles. The average molecular weight is 124 g/mol. The lowest BCUT2D eigenvalue weighted by Crippen LogP contribution is -2.03. The third-order valence-corrected chi connectivity index (χ3v) is 0.293. The van der Waals surface area contributed by atoms with Gasteiger partial charge in [-0.15, -0.1) is 0 Å². The molecule has 0 amide bonds. The van der Waals surface area contributed by atoms with Gasteiger partial charge in [0.1, 0.15) is 0 Å². The molecular weight excluding hydrogens is 119 g/mol. The van der Waals surface area contributed by atoms with Crippen molar-refractivity contribution in [1.29, 1.82) is 0 Å². The topological polar surface area (TPSA) is 66.4 Å². The van der Waals surface area contributed by atoms with Gasteiger partial charge in [-0.25, -0.2) is 10.1 Å². The van der Waals surface area contributed by atoms with E-state index in [-0.39, 0.29) is 7.69 Å². The molecule has 0 saturated carbocycles. The van der Waals surface area contributed by atoms with Crippen molar-refractivity contribution in [3.8, 4) is 0 Å². The van der Waals surface area contributed by atoms with Crippen LogP contribution in [0.25, 0.3) is 0 Å². The largest absolute Gasteiger partial charge is 0.510 e. The van der Waals surface area contributed by atoms with Gasteiger partial charge < -0.3 is 0 Å². The first-order chi connectivity index (χ1) is 3.91. The lowest BCUT2D eigenvalue weighted by molar-refractivity contribution is -0.600. The Labute approximate surface area is 45.9 Å². The van der Waals surface area contributed by atoms with E-state index >= 15 is 0 Å². The Bertz CT molecular complexity index is 33.5. The van der Waals surface area contributed by atoms with Gasteiger partial charge in [-0.2, -0.15) is 0 Å². The van der Waals surface area contributed by atoms with Crippen LogP contribution in [-0.4, -0.2) is 20.1 Å². The lowest BCUT2D eigenvalue weighted by Gasteiger charge is -1.93. The minimum atomic E-state index is -0.281. The predicted octanol–water partition coefficient (Wildman–Crippen LogP) is -0.816. The van der Waals surface area contributed by atoms with Gasteiger partial charge >= 0.3 is 7.69 Å². The summed E-state index contributed by atoms with van der Waals surface area (Å²) in [7, 11) is 1.01. The third kappa shape index (κ3) is 5.82. The Morgan fingerprint density at radius 2 is 2.12 bits per heavy atom. The van der Waals surface area contributed by atoms with E-state index in [2.05, 4.69) is 24.6 Å². The van der Waals surface area contributed by atoms with Crippen molar-refractivity contribution >= 4 is 7.69 Å². The molecule has 0 unspecified atom stereocenters. The molecule has 0 aromatic rings. The maximum absolute atomic E-state index is 7.42. The molecule has 0 spiro atoms. The van der Waals surface area contributed by atoms with Gasteiger partial charge in [-0.3, -0.25) is 9.69 Å². The molecule has 1 N–H and O–H groups in total. The number of hydrogen-bond donors (Lipinski definition) is 1. The monoisotopic (exact) mass is 124 g/mol. The quantitative estimate of drug-likeness (QED) is 0.223. The molecule has 0 heterocycles. The van der Waals surface area contributed by atoms with Crippen LogP contribution >= 0.6 is 0 Å². The molecular formula is CH5BO6. The second-order valence-electron chi connectivity index (χ2n) is 0.663. The van der Waals surface area contributed by atoms with Crippen LogP contribution in [0.5, 0.6) is 0 Å². The first-order valence-electron chi connectivity index (χ1n) is 1.67. The third-order valence-electron chi connectivity index (χ3n) is 0.293. The summed E-state index contributed by atoms with van der Waals surface area (Å²) in [4.78, 5) is 12.0. The normalized spacial score (nSPS) is 9.25. The molecule has 0 aliphatic heterocycles. The van der Waals surface area contributed by atoms with Gasteiger partial charge in [0.05, 0.1) is 7.11 Å². The van der Waals surface area contributed by atoms with E-state index < -0.39 is 0 Å². The van der Waals surface area contributed by atoms with Crippen LogP contribution in [0.15, 0.2) is 0 Å². The first kappa shape index (κ1) is 7.82. The Hall–Kier alpha value is -0.175. The van der Waals surface area contributed by atoms with Crippen molar-refractivity contribution in [3.63, 3.8) is 0 Å². The lowest BCUT2D eigenvalue weighted by atomic mass is 10.4. The van der Waals surface area contributed by atoms with Crippen LogP contribution < -0.4 is 0 Å². The maximum atomic E-state index is 7.42. The molecule has 0 aliphatic carbocycles. The number of rotatable bonds is 5. The molecule has 8 heavy (non-hydrogen) atoms. The summed E-state index contributed by atoms with van der Waals surface area (Å²) >= 11 is 0. The zero-order chi connectivity index (χ0) is 6.24. The van der Waals surface area contributed by atoms with Crippen molar-refractivity contribution < 1.29 is 29.8 Å². The molecule has 0 aromatic heterocycles. The van der Waals surface area contributed by atoms with Gasteiger partial charge in [-0.05, 0) is 5.04 Å². The summed E-state index contributed by atoms with van der Waals surface area (Å²) in [5.74, 6) is 0. The van der Waals surface area contributed by atoms with Crippen LogP contribution in [0.2, 0.25) is 0 Å². The molecule has 0 rings (SSSR count). The van der Waals surface area contributed by atoms with E-state index in [9.17, 15) is 0 Å². The predicted molar refractivity (Wildman–Crippen MR) is 21.1 cm³/mol. The molecule has 0 saturated heterocycles. The molecule has 0 aliphatic rings. The van der Waals surface area contributed by atoms with Gasteiger partial charge in [0.2, 0.25) is 0 Å². The Balaban J connectivity index is 2.53. The Kier molecular flexibility index (Phi) is 6.68. The summed E-state index contributed by atoms with van der Waals surface area (Å²) in [6.45, 7) is 0. The highest BCUT2D eigenvalue weighted by atomic mass is 17.6. The summed E-state index contributed by atoms with van der Waals surface area (Å²) in [6.07, 6.45) is 0. The fourth-order valence-corrected chi connectivity index (χ4v) is 0.109. The van der Waals surface area contributed by atoms with Gasteiger partial charge in [0.15, 0.2) is 0 Å². The van der Waals surface area contributed by atoms with E-state index in [1.165, 1.54) is 7.11 Å². The Morgan fingerprint density at radius 1 is 1.38 bits per heavy atom. The van der Waals surface area contributed by atoms with E-state index in [4.69, 9.17) is 5.26 Å². The minimum Gasteiger partial charge on any atom is -0.266 e. The highest BCUT2D eigenvalue weighted by molar-refractivity contribution is 6.16. The number of hydrogen-bond acceptors (Lipinski definition) is 6. The smallest absolute Gasteiger partial charge is 0.266 e. The molecule has 0 atom stereocenters. The molecule has 48 valence electrons. The van der Waals surface area contributed by atoms with Crippen LogP contribution in [0.3, 0.4) is 0 Å². The molecule has 0 radical (unpaired) electrons. The van der Waals surface area contributed by atoms with Gasteiger partial charge in [0.25, 0.3) is 0 Å². The zero-order valence-corrected chi connectivity index (χ0v) is 4.20. The van der Waals surface area contributed by atoms with Gasteiger partial charge in [-0.1, -0.05) is 5.04 Å². The van der Waals surface area contributed by atoms with Crippen molar-refractivity contribution in [2.75, 3.05) is 7.11 Å².